The zero-order valence-corrected chi connectivity index (χ0v) is 14.7. The molecule has 5 heteroatoms. The number of benzene rings is 2. The van der Waals surface area contributed by atoms with Gasteiger partial charge in [-0.05, 0) is 47.9 Å². The minimum atomic E-state index is -0.200. The third kappa shape index (κ3) is 5.35. The summed E-state index contributed by atoms with van der Waals surface area (Å²) in [5, 5.41) is 3.00. The highest BCUT2D eigenvalue weighted by molar-refractivity contribution is 5.78. The first kappa shape index (κ1) is 18.5. The molecule has 0 aliphatic carbocycles. The molecule has 5 nitrogen and oxygen atoms in total. The zero-order chi connectivity index (χ0) is 18.2. The van der Waals surface area contributed by atoms with Crippen LogP contribution in [0.15, 0.2) is 48.5 Å². The van der Waals surface area contributed by atoms with Gasteiger partial charge >= 0.3 is 0 Å². The van der Waals surface area contributed by atoms with Gasteiger partial charge in [-0.2, -0.15) is 0 Å². The Morgan fingerprint density at radius 3 is 2.16 bits per heavy atom. The molecule has 0 bridgehead atoms. The highest BCUT2D eigenvalue weighted by Crippen LogP contribution is 2.24. The molecule has 0 aromatic heterocycles. The normalized spacial score (nSPS) is 11.7. The summed E-state index contributed by atoms with van der Waals surface area (Å²) in [4.78, 5) is 22.9. The molecule has 2 aromatic rings. The van der Waals surface area contributed by atoms with Gasteiger partial charge < -0.3 is 14.8 Å². The lowest BCUT2D eigenvalue weighted by molar-refractivity contribution is -0.124. The Bertz CT molecular complexity index is 693. The number of aldehydes is 1. The first-order valence-electron chi connectivity index (χ1n) is 8.15. The van der Waals surface area contributed by atoms with Crippen molar-refractivity contribution in [1.29, 1.82) is 0 Å². The summed E-state index contributed by atoms with van der Waals surface area (Å²) in [6.45, 7) is 4.02. The third-order valence-electron chi connectivity index (χ3n) is 3.84. The van der Waals surface area contributed by atoms with E-state index in [1.165, 1.54) is 0 Å². The summed E-state index contributed by atoms with van der Waals surface area (Å²) in [5.41, 5.74) is 1.58. The van der Waals surface area contributed by atoms with Crippen LogP contribution in [0.2, 0.25) is 0 Å². The maximum atomic E-state index is 12.2. The fourth-order valence-electron chi connectivity index (χ4n) is 2.45. The Balaban J connectivity index is 1.95. The van der Waals surface area contributed by atoms with Gasteiger partial charge in [0.25, 0.3) is 5.91 Å². The van der Waals surface area contributed by atoms with Crippen molar-refractivity contribution in [3.05, 3.63) is 59.7 Å². The van der Waals surface area contributed by atoms with Crippen molar-refractivity contribution in [2.24, 2.45) is 5.92 Å². The van der Waals surface area contributed by atoms with E-state index in [4.69, 9.17) is 9.47 Å². The summed E-state index contributed by atoms with van der Waals surface area (Å²) >= 11 is 0. The quantitative estimate of drug-likeness (QED) is 0.748. The summed E-state index contributed by atoms with van der Waals surface area (Å²) < 4.78 is 10.6. The predicted molar refractivity (Wildman–Crippen MR) is 96.0 cm³/mol. The van der Waals surface area contributed by atoms with Gasteiger partial charge in [-0.15, -0.1) is 0 Å². The van der Waals surface area contributed by atoms with Gasteiger partial charge in [-0.25, -0.2) is 0 Å². The van der Waals surface area contributed by atoms with E-state index in [0.717, 1.165) is 17.6 Å². The van der Waals surface area contributed by atoms with Crippen LogP contribution in [0.4, 0.5) is 0 Å². The highest BCUT2D eigenvalue weighted by atomic mass is 16.5. The average molecular weight is 341 g/mol. The maximum Gasteiger partial charge on any atom is 0.258 e. The van der Waals surface area contributed by atoms with Crippen molar-refractivity contribution in [3.63, 3.8) is 0 Å². The lowest BCUT2D eigenvalue weighted by Gasteiger charge is -2.23. The molecule has 1 amide bonds. The molecule has 1 N–H and O–H groups in total. The van der Waals surface area contributed by atoms with E-state index in [2.05, 4.69) is 5.32 Å². The number of hydrogen-bond acceptors (Lipinski definition) is 4. The molecular formula is C20H23NO4. The molecule has 132 valence electrons. The average Bonchev–Trinajstić information content (AvgIpc) is 2.64. The molecule has 0 spiro atoms. The van der Waals surface area contributed by atoms with Crippen molar-refractivity contribution in [1.82, 2.24) is 5.32 Å². The Morgan fingerprint density at radius 1 is 1.04 bits per heavy atom. The van der Waals surface area contributed by atoms with Crippen LogP contribution >= 0.6 is 0 Å². The second-order valence-electron chi connectivity index (χ2n) is 6.04. The lowest BCUT2D eigenvalue weighted by atomic mass is 9.96. The van der Waals surface area contributed by atoms with Crippen molar-refractivity contribution < 1.29 is 19.1 Å². The van der Waals surface area contributed by atoms with E-state index < -0.39 is 0 Å². The summed E-state index contributed by atoms with van der Waals surface area (Å²) in [7, 11) is 1.62. The SMILES string of the molecule is COc1ccc(C(NC(=O)COc2ccc(C=O)cc2)C(C)C)cc1. The third-order valence-corrected chi connectivity index (χ3v) is 3.84. The van der Waals surface area contributed by atoms with Crippen molar-refractivity contribution in [3.8, 4) is 11.5 Å². The van der Waals surface area contributed by atoms with Crippen LogP contribution in [0.3, 0.4) is 0 Å². The van der Waals surface area contributed by atoms with Crippen LogP contribution < -0.4 is 14.8 Å². The number of amides is 1. The molecular weight excluding hydrogens is 318 g/mol. The highest BCUT2D eigenvalue weighted by Gasteiger charge is 2.18. The van der Waals surface area contributed by atoms with E-state index in [0.29, 0.717) is 11.3 Å². The van der Waals surface area contributed by atoms with Gasteiger partial charge in [0.2, 0.25) is 0 Å². The van der Waals surface area contributed by atoms with Crippen LogP contribution in [0, 0.1) is 5.92 Å². The second-order valence-corrected chi connectivity index (χ2v) is 6.04. The Labute approximate surface area is 148 Å². The van der Waals surface area contributed by atoms with Crippen LogP contribution in [0.5, 0.6) is 11.5 Å². The molecule has 2 rings (SSSR count). The molecule has 2 aromatic carbocycles. The molecule has 0 aliphatic rings. The van der Waals surface area contributed by atoms with E-state index in [1.54, 1.807) is 31.4 Å². The number of methoxy groups -OCH3 is 1. The smallest absolute Gasteiger partial charge is 0.258 e. The minimum Gasteiger partial charge on any atom is -0.497 e. The largest absolute Gasteiger partial charge is 0.497 e. The monoisotopic (exact) mass is 341 g/mol. The topological polar surface area (TPSA) is 64.6 Å². The van der Waals surface area contributed by atoms with Crippen molar-refractivity contribution in [2.45, 2.75) is 19.9 Å². The standard InChI is InChI=1S/C20H23NO4/c1-14(2)20(16-6-10-17(24-3)11-7-16)21-19(23)13-25-18-8-4-15(12-22)5-9-18/h4-12,14,20H,13H2,1-3H3,(H,21,23). The first-order chi connectivity index (χ1) is 12.0. The molecule has 1 unspecified atom stereocenters. The molecule has 0 fully saturated rings. The molecule has 1 atom stereocenters. The van der Waals surface area contributed by atoms with Gasteiger partial charge in [0.05, 0.1) is 13.2 Å². The maximum absolute atomic E-state index is 12.2. The van der Waals surface area contributed by atoms with Crippen molar-refractivity contribution in [2.75, 3.05) is 13.7 Å². The van der Waals surface area contributed by atoms with E-state index in [1.807, 2.05) is 38.1 Å². The predicted octanol–water partition coefficient (Wildman–Crippen LogP) is 3.40. The Kier molecular flexibility index (Phi) is 6.57. The van der Waals surface area contributed by atoms with Crippen LogP contribution in [-0.4, -0.2) is 25.9 Å². The fourth-order valence-corrected chi connectivity index (χ4v) is 2.45. The number of rotatable bonds is 8. The van der Waals surface area contributed by atoms with E-state index in [9.17, 15) is 9.59 Å². The molecule has 25 heavy (non-hydrogen) atoms. The molecule has 0 saturated heterocycles. The van der Waals surface area contributed by atoms with Gasteiger partial charge in [0, 0.05) is 5.56 Å². The Hall–Kier alpha value is -2.82. The molecule has 0 saturated carbocycles. The van der Waals surface area contributed by atoms with Gasteiger partial charge in [0.1, 0.15) is 17.8 Å². The fraction of sp³-hybridized carbons (Fsp3) is 0.300. The Morgan fingerprint density at radius 2 is 1.64 bits per heavy atom. The molecule has 0 aliphatic heterocycles. The molecule has 0 heterocycles. The number of carbonyl (C=O) groups is 2. The number of hydrogen-bond donors (Lipinski definition) is 1. The van der Waals surface area contributed by atoms with Crippen molar-refractivity contribution >= 4 is 12.2 Å². The minimum absolute atomic E-state index is 0.0835. The van der Waals surface area contributed by atoms with Gasteiger partial charge in [0.15, 0.2) is 6.61 Å². The van der Waals surface area contributed by atoms with Crippen LogP contribution in [-0.2, 0) is 4.79 Å². The van der Waals surface area contributed by atoms with Gasteiger partial charge in [-0.1, -0.05) is 26.0 Å². The van der Waals surface area contributed by atoms with E-state index >= 15 is 0 Å². The van der Waals surface area contributed by atoms with Crippen LogP contribution in [0.1, 0.15) is 35.8 Å². The number of carbonyl (C=O) groups excluding carboxylic acids is 2. The number of nitrogens with one attached hydrogen (secondary N) is 1. The zero-order valence-electron chi connectivity index (χ0n) is 14.7. The summed E-state index contributed by atoms with van der Waals surface area (Å²) in [5.74, 6) is 1.35. The summed E-state index contributed by atoms with van der Waals surface area (Å²) in [6, 6.07) is 14.2. The van der Waals surface area contributed by atoms with Gasteiger partial charge in [-0.3, -0.25) is 9.59 Å². The number of ether oxygens (including phenoxy) is 2. The first-order valence-corrected chi connectivity index (χ1v) is 8.15. The molecule has 0 radical (unpaired) electrons. The second kappa shape index (κ2) is 8.87. The lowest BCUT2D eigenvalue weighted by Crippen LogP contribution is -2.35. The van der Waals surface area contributed by atoms with E-state index in [-0.39, 0.29) is 24.5 Å². The van der Waals surface area contributed by atoms with Crippen LogP contribution in [0.25, 0.3) is 0 Å². The summed E-state index contributed by atoms with van der Waals surface area (Å²) in [6.07, 6.45) is 0.762.